The highest BCUT2D eigenvalue weighted by atomic mass is 35.5. The average molecular weight is 255 g/mol. The molecule has 0 fully saturated rings. The average Bonchev–Trinajstić information content (AvgIpc) is 2.80. The molecule has 0 aliphatic rings. The number of halogens is 2. The van der Waals surface area contributed by atoms with Gasteiger partial charge in [0.25, 0.3) is 0 Å². The molecule has 1 N–H and O–H groups in total. The first-order valence-corrected chi connectivity index (χ1v) is 5.08. The monoisotopic (exact) mass is 254 g/mol. The number of nitrogens with zero attached hydrogens (tertiary/aromatic N) is 1. The predicted molar refractivity (Wildman–Crippen MR) is 60.3 cm³/mol. The summed E-state index contributed by atoms with van der Waals surface area (Å²) < 4.78 is 18.0. The molecule has 0 radical (unpaired) electrons. The van der Waals surface area contributed by atoms with Crippen molar-refractivity contribution in [2.24, 2.45) is 0 Å². The molecule has 4 nitrogen and oxygen atoms in total. The second-order valence-electron chi connectivity index (χ2n) is 3.26. The number of rotatable bonds is 2. The Hall–Kier alpha value is -1.88. The molecule has 0 aliphatic carbocycles. The van der Waals surface area contributed by atoms with Crippen molar-refractivity contribution in [1.29, 1.82) is 0 Å². The molecule has 88 valence electrons. The second kappa shape index (κ2) is 4.55. The quantitative estimate of drug-likeness (QED) is 0.839. The third-order valence-corrected chi connectivity index (χ3v) is 2.41. The van der Waals surface area contributed by atoms with Crippen LogP contribution in [0, 0.1) is 5.82 Å². The van der Waals surface area contributed by atoms with Crippen molar-refractivity contribution in [3.8, 4) is 11.3 Å². The van der Waals surface area contributed by atoms with E-state index in [-0.39, 0.29) is 11.4 Å². The number of imidazole rings is 1. The van der Waals surface area contributed by atoms with Crippen LogP contribution in [-0.4, -0.2) is 23.0 Å². The lowest BCUT2D eigenvalue weighted by molar-refractivity contribution is 0.0588. The van der Waals surface area contributed by atoms with E-state index in [0.717, 1.165) is 0 Å². The number of nitrogens with one attached hydrogen (secondary N) is 1. The molecular weight excluding hydrogens is 247 g/mol. The SMILES string of the molecule is COC(=O)c1ncc(-c2cc(Cl)ccc2F)[nH]1. The van der Waals surface area contributed by atoms with Crippen molar-refractivity contribution < 1.29 is 13.9 Å². The van der Waals surface area contributed by atoms with Gasteiger partial charge in [-0.15, -0.1) is 0 Å². The van der Waals surface area contributed by atoms with Crippen LogP contribution in [0.15, 0.2) is 24.4 Å². The van der Waals surface area contributed by atoms with Gasteiger partial charge in [0.1, 0.15) is 5.82 Å². The molecule has 1 aromatic carbocycles. The summed E-state index contributed by atoms with van der Waals surface area (Å²) in [6, 6.07) is 4.14. The minimum absolute atomic E-state index is 0.0156. The number of hydrogen-bond acceptors (Lipinski definition) is 3. The normalized spacial score (nSPS) is 10.3. The van der Waals surface area contributed by atoms with Crippen LogP contribution < -0.4 is 0 Å². The van der Waals surface area contributed by atoms with E-state index in [2.05, 4.69) is 14.7 Å². The molecule has 0 spiro atoms. The number of carbonyl (C=O) groups is 1. The summed E-state index contributed by atoms with van der Waals surface area (Å²) in [6.07, 6.45) is 1.35. The molecule has 0 bridgehead atoms. The summed E-state index contributed by atoms with van der Waals surface area (Å²) in [4.78, 5) is 17.6. The molecule has 0 saturated heterocycles. The smallest absolute Gasteiger partial charge is 0.374 e. The Balaban J connectivity index is 2.43. The van der Waals surface area contributed by atoms with Crippen LogP contribution in [0.4, 0.5) is 4.39 Å². The summed E-state index contributed by atoms with van der Waals surface area (Å²) in [5, 5.41) is 0.399. The van der Waals surface area contributed by atoms with Gasteiger partial charge < -0.3 is 9.72 Å². The Labute approximate surface area is 101 Å². The first kappa shape index (κ1) is 11.6. The van der Waals surface area contributed by atoms with Crippen LogP contribution in [0.3, 0.4) is 0 Å². The van der Waals surface area contributed by atoms with Crippen molar-refractivity contribution in [3.05, 3.63) is 41.1 Å². The van der Waals surface area contributed by atoms with E-state index in [9.17, 15) is 9.18 Å². The van der Waals surface area contributed by atoms with Gasteiger partial charge in [-0.05, 0) is 18.2 Å². The van der Waals surface area contributed by atoms with E-state index < -0.39 is 11.8 Å². The van der Waals surface area contributed by atoms with Gasteiger partial charge in [0.05, 0.1) is 19.0 Å². The third-order valence-electron chi connectivity index (χ3n) is 2.17. The number of esters is 1. The van der Waals surface area contributed by atoms with Gasteiger partial charge >= 0.3 is 5.97 Å². The number of aromatic amines is 1. The number of ether oxygens (including phenoxy) is 1. The zero-order valence-corrected chi connectivity index (χ0v) is 9.58. The molecule has 1 heterocycles. The third kappa shape index (κ3) is 2.29. The van der Waals surface area contributed by atoms with Crippen LogP contribution in [0.25, 0.3) is 11.3 Å². The van der Waals surface area contributed by atoms with Gasteiger partial charge in [0, 0.05) is 10.6 Å². The highest BCUT2D eigenvalue weighted by Crippen LogP contribution is 2.24. The molecule has 2 aromatic rings. The van der Waals surface area contributed by atoms with E-state index in [4.69, 9.17) is 11.6 Å². The highest BCUT2D eigenvalue weighted by molar-refractivity contribution is 6.30. The van der Waals surface area contributed by atoms with E-state index >= 15 is 0 Å². The maximum atomic E-state index is 13.5. The molecule has 17 heavy (non-hydrogen) atoms. The van der Waals surface area contributed by atoms with E-state index in [1.54, 1.807) is 0 Å². The first-order valence-electron chi connectivity index (χ1n) is 4.70. The summed E-state index contributed by atoms with van der Waals surface area (Å²) in [5.74, 6) is -1.05. The Bertz CT molecular complexity index is 568. The van der Waals surface area contributed by atoms with Crippen molar-refractivity contribution in [2.45, 2.75) is 0 Å². The lowest BCUT2D eigenvalue weighted by Gasteiger charge is -2.00. The fourth-order valence-electron chi connectivity index (χ4n) is 1.36. The van der Waals surface area contributed by atoms with Crippen LogP contribution in [0.1, 0.15) is 10.6 Å². The molecule has 0 saturated carbocycles. The topological polar surface area (TPSA) is 55.0 Å². The Morgan fingerprint density at radius 2 is 2.29 bits per heavy atom. The van der Waals surface area contributed by atoms with Gasteiger partial charge in [0.2, 0.25) is 5.82 Å². The lowest BCUT2D eigenvalue weighted by Crippen LogP contribution is -2.03. The molecule has 2 rings (SSSR count). The molecule has 0 unspecified atom stereocenters. The molecular formula is C11H8ClFN2O2. The van der Waals surface area contributed by atoms with Gasteiger partial charge in [-0.3, -0.25) is 0 Å². The van der Waals surface area contributed by atoms with Crippen molar-refractivity contribution >= 4 is 17.6 Å². The lowest BCUT2D eigenvalue weighted by atomic mass is 10.1. The summed E-state index contributed by atoms with van der Waals surface area (Å²) in [6.45, 7) is 0. The highest BCUT2D eigenvalue weighted by Gasteiger charge is 2.13. The maximum absolute atomic E-state index is 13.5. The van der Waals surface area contributed by atoms with Crippen LogP contribution >= 0.6 is 11.6 Å². The Kier molecular flexibility index (Phi) is 3.10. The molecule has 0 atom stereocenters. The number of methoxy groups -OCH3 is 1. The number of H-pyrrole nitrogens is 1. The molecule has 6 heteroatoms. The second-order valence-corrected chi connectivity index (χ2v) is 3.70. The fraction of sp³-hybridized carbons (Fsp3) is 0.0909. The zero-order valence-electron chi connectivity index (χ0n) is 8.83. The predicted octanol–water partition coefficient (Wildman–Crippen LogP) is 2.66. The minimum Gasteiger partial charge on any atom is -0.463 e. The van der Waals surface area contributed by atoms with Gasteiger partial charge in [0.15, 0.2) is 0 Å². The number of aromatic nitrogens is 2. The van der Waals surface area contributed by atoms with Crippen LogP contribution in [0.5, 0.6) is 0 Å². The van der Waals surface area contributed by atoms with Gasteiger partial charge in [-0.2, -0.15) is 0 Å². The van der Waals surface area contributed by atoms with Crippen molar-refractivity contribution in [2.75, 3.05) is 7.11 Å². The largest absolute Gasteiger partial charge is 0.463 e. The van der Waals surface area contributed by atoms with Crippen molar-refractivity contribution in [1.82, 2.24) is 9.97 Å². The Morgan fingerprint density at radius 3 is 3.00 bits per heavy atom. The minimum atomic E-state index is -0.612. The zero-order chi connectivity index (χ0) is 12.4. The molecule has 0 aliphatic heterocycles. The number of hydrogen-bond donors (Lipinski definition) is 1. The van der Waals surface area contributed by atoms with E-state index in [1.165, 1.54) is 31.5 Å². The molecule has 1 aromatic heterocycles. The van der Waals surface area contributed by atoms with E-state index in [1.807, 2.05) is 0 Å². The fourth-order valence-corrected chi connectivity index (χ4v) is 1.53. The van der Waals surface area contributed by atoms with Gasteiger partial charge in [-0.1, -0.05) is 11.6 Å². The Morgan fingerprint density at radius 1 is 1.53 bits per heavy atom. The summed E-state index contributed by atoms with van der Waals surface area (Å²) in [5.41, 5.74) is 0.616. The van der Waals surface area contributed by atoms with Crippen molar-refractivity contribution in [3.63, 3.8) is 0 Å². The summed E-state index contributed by atoms with van der Waals surface area (Å²) >= 11 is 5.77. The van der Waals surface area contributed by atoms with E-state index in [0.29, 0.717) is 10.7 Å². The van der Waals surface area contributed by atoms with Crippen LogP contribution in [-0.2, 0) is 4.74 Å². The number of carbonyl (C=O) groups excluding carboxylic acids is 1. The summed E-state index contributed by atoms with van der Waals surface area (Å²) in [7, 11) is 1.24. The standard InChI is InChI=1S/C11H8ClFN2O2/c1-17-11(16)10-14-5-9(15-10)7-4-6(12)2-3-8(7)13/h2-5H,1H3,(H,14,15). The number of benzene rings is 1. The van der Waals surface area contributed by atoms with Gasteiger partial charge in [-0.25, -0.2) is 14.2 Å². The van der Waals surface area contributed by atoms with Crippen LogP contribution in [0.2, 0.25) is 5.02 Å². The molecule has 0 amide bonds. The first-order chi connectivity index (χ1) is 8.11. The maximum Gasteiger partial charge on any atom is 0.374 e.